The van der Waals surface area contributed by atoms with E-state index in [1.165, 1.54) is 38.9 Å². The number of piperidine rings is 1. The molecule has 0 N–H and O–H groups in total. The molecule has 2 heterocycles. The van der Waals surface area contributed by atoms with E-state index in [1.807, 2.05) is 30.5 Å². The van der Waals surface area contributed by atoms with Crippen molar-refractivity contribution in [2.75, 3.05) is 19.6 Å². The third-order valence-electron chi connectivity index (χ3n) is 4.21. The van der Waals surface area contributed by atoms with Crippen LogP contribution in [0.1, 0.15) is 25.7 Å². The number of likely N-dealkylation sites (tertiary alicyclic amines) is 1. The van der Waals surface area contributed by atoms with Gasteiger partial charge in [0, 0.05) is 24.2 Å². The molecule has 2 aromatic rings. The van der Waals surface area contributed by atoms with Gasteiger partial charge in [0.05, 0.1) is 5.52 Å². The van der Waals surface area contributed by atoms with Crippen LogP contribution in [0.25, 0.3) is 10.9 Å². The zero-order chi connectivity index (χ0) is 13.8. The average molecular weight is 270 g/mol. The Morgan fingerprint density at radius 3 is 2.60 bits per heavy atom. The van der Waals surface area contributed by atoms with Gasteiger partial charge in [-0.05, 0) is 51.0 Å². The van der Waals surface area contributed by atoms with Crippen LogP contribution in [0.4, 0.5) is 0 Å². The number of para-hydroxylation sites is 1. The third-order valence-corrected chi connectivity index (χ3v) is 4.21. The van der Waals surface area contributed by atoms with Gasteiger partial charge >= 0.3 is 0 Å². The van der Waals surface area contributed by atoms with Gasteiger partial charge in [-0.25, -0.2) is 0 Å². The number of benzene rings is 1. The maximum atomic E-state index is 11.8. The second-order valence-corrected chi connectivity index (χ2v) is 5.65. The number of fused-ring (bicyclic) bond motifs is 1. The van der Waals surface area contributed by atoms with Crippen molar-refractivity contribution in [2.24, 2.45) is 0 Å². The molecule has 0 spiro atoms. The van der Waals surface area contributed by atoms with Gasteiger partial charge < -0.3 is 9.47 Å². The largest absolute Gasteiger partial charge is 0.347 e. The van der Waals surface area contributed by atoms with Crippen LogP contribution in [-0.2, 0) is 6.54 Å². The third kappa shape index (κ3) is 2.93. The first-order valence-corrected chi connectivity index (χ1v) is 7.65. The lowest BCUT2D eigenvalue weighted by atomic mass is 10.1. The smallest absolute Gasteiger partial charge is 0.189 e. The standard InChI is InChI=1S/C17H22N2O/c20-17-9-14-19(16-8-3-2-7-15(16)17)13-6-12-18-10-4-1-5-11-18/h2-3,7-9,14H,1,4-6,10-13H2. The number of aromatic nitrogens is 1. The molecule has 20 heavy (non-hydrogen) atoms. The summed E-state index contributed by atoms with van der Waals surface area (Å²) >= 11 is 0. The molecule has 0 aliphatic carbocycles. The zero-order valence-electron chi connectivity index (χ0n) is 11.9. The van der Waals surface area contributed by atoms with Crippen LogP contribution in [0.15, 0.2) is 41.3 Å². The summed E-state index contributed by atoms with van der Waals surface area (Å²) in [7, 11) is 0. The quantitative estimate of drug-likeness (QED) is 0.853. The lowest BCUT2D eigenvalue weighted by molar-refractivity contribution is 0.223. The molecule has 1 saturated heterocycles. The monoisotopic (exact) mass is 270 g/mol. The van der Waals surface area contributed by atoms with Crippen molar-refractivity contribution in [3.63, 3.8) is 0 Å². The van der Waals surface area contributed by atoms with E-state index in [1.54, 1.807) is 6.07 Å². The lowest BCUT2D eigenvalue weighted by Crippen LogP contribution is -2.31. The molecule has 1 aliphatic heterocycles. The number of pyridine rings is 1. The number of hydrogen-bond donors (Lipinski definition) is 0. The maximum Gasteiger partial charge on any atom is 0.189 e. The minimum absolute atomic E-state index is 0.118. The fourth-order valence-electron chi connectivity index (χ4n) is 3.10. The van der Waals surface area contributed by atoms with E-state index in [2.05, 4.69) is 9.47 Å². The summed E-state index contributed by atoms with van der Waals surface area (Å²) in [5, 5.41) is 0.827. The van der Waals surface area contributed by atoms with E-state index in [9.17, 15) is 4.79 Å². The zero-order valence-corrected chi connectivity index (χ0v) is 11.9. The molecule has 0 unspecified atom stereocenters. The van der Waals surface area contributed by atoms with E-state index in [0.29, 0.717) is 0 Å². The van der Waals surface area contributed by atoms with Crippen LogP contribution >= 0.6 is 0 Å². The Hall–Kier alpha value is -1.61. The number of nitrogens with zero attached hydrogens (tertiary/aromatic N) is 2. The van der Waals surface area contributed by atoms with Gasteiger partial charge in [0.2, 0.25) is 0 Å². The maximum absolute atomic E-state index is 11.8. The molecule has 1 fully saturated rings. The van der Waals surface area contributed by atoms with Gasteiger partial charge in [0.15, 0.2) is 5.43 Å². The Kier molecular flexibility index (Phi) is 4.16. The molecule has 0 radical (unpaired) electrons. The van der Waals surface area contributed by atoms with Crippen molar-refractivity contribution in [1.82, 2.24) is 9.47 Å². The fourth-order valence-corrected chi connectivity index (χ4v) is 3.10. The average Bonchev–Trinajstić information content (AvgIpc) is 2.51. The van der Waals surface area contributed by atoms with E-state index in [-0.39, 0.29) is 5.43 Å². The van der Waals surface area contributed by atoms with Gasteiger partial charge in [0.1, 0.15) is 0 Å². The second-order valence-electron chi connectivity index (χ2n) is 5.65. The van der Waals surface area contributed by atoms with E-state index in [0.717, 1.165) is 23.9 Å². The molecule has 1 aromatic carbocycles. The van der Waals surface area contributed by atoms with Crippen molar-refractivity contribution in [3.05, 3.63) is 46.8 Å². The second kappa shape index (κ2) is 6.23. The first kappa shape index (κ1) is 13.4. The van der Waals surface area contributed by atoms with E-state index in [4.69, 9.17) is 0 Å². The highest BCUT2D eigenvalue weighted by Gasteiger charge is 2.09. The minimum atomic E-state index is 0.118. The van der Waals surface area contributed by atoms with Gasteiger partial charge in [-0.2, -0.15) is 0 Å². The summed E-state index contributed by atoms with van der Waals surface area (Å²) in [6, 6.07) is 9.57. The first-order chi connectivity index (χ1) is 9.84. The van der Waals surface area contributed by atoms with Gasteiger partial charge in [-0.3, -0.25) is 4.79 Å². The lowest BCUT2D eigenvalue weighted by Gasteiger charge is -2.26. The highest BCUT2D eigenvalue weighted by molar-refractivity contribution is 5.78. The molecule has 0 bridgehead atoms. The Morgan fingerprint density at radius 1 is 0.950 bits per heavy atom. The Bertz CT molecular complexity index is 626. The summed E-state index contributed by atoms with van der Waals surface area (Å²) < 4.78 is 2.21. The molecule has 3 rings (SSSR count). The number of hydrogen-bond acceptors (Lipinski definition) is 2. The Morgan fingerprint density at radius 2 is 1.75 bits per heavy atom. The SMILES string of the molecule is O=c1ccn(CCCN2CCCCC2)c2ccccc12. The summed E-state index contributed by atoms with van der Waals surface area (Å²) in [4.78, 5) is 14.4. The van der Waals surface area contributed by atoms with Crippen LogP contribution in [0.5, 0.6) is 0 Å². The fraction of sp³-hybridized carbons (Fsp3) is 0.471. The van der Waals surface area contributed by atoms with Crippen molar-refractivity contribution in [3.8, 4) is 0 Å². The van der Waals surface area contributed by atoms with Gasteiger partial charge in [-0.15, -0.1) is 0 Å². The molecule has 106 valence electrons. The Balaban J connectivity index is 1.68. The van der Waals surface area contributed by atoms with Crippen LogP contribution < -0.4 is 5.43 Å². The molecule has 1 aromatic heterocycles. The topological polar surface area (TPSA) is 25.2 Å². The first-order valence-electron chi connectivity index (χ1n) is 7.65. The van der Waals surface area contributed by atoms with Gasteiger partial charge in [0.25, 0.3) is 0 Å². The van der Waals surface area contributed by atoms with Crippen LogP contribution in [0, 0.1) is 0 Å². The molecular formula is C17H22N2O. The molecule has 0 amide bonds. The van der Waals surface area contributed by atoms with Crippen molar-refractivity contribution in [2.45, 2.75) is 32.2 Å². The highest BCUT2D eigenvalue weighted by Crippen LogP contribution is 2.12. The molecular weight excluding hydrogens is 248 g/mol. The summed E-state index contributed by atoms with van der Waals surface area (Å²) in [6.07, 6.45) is 7.16. The van der Waals surface area contributed by atoms with E-state index >= 15 is 0 Å². The van der Waals surface area contributed by atoms with Crippen molar-refractivity contribution in [1.29, 1.82) is 0 Å². The van der Waals surface area contributed by atoms with Gasteiger partial charge in [-0.1, -0.05) is 18.6 Å². The van der Waals surface area contributed by atoms with Crippen LogP contribution in [-0.4, -0.2) is 29.1 Å². The Labute approximate surface area is 119 Å². The molecule has 3 heteroatoms. The van der Waals surface area contributed by atoms with E-state index < -0.39 is 0 Å². The predicted octanol–water partition coefficient (Wildman–Crippen LogP) is 2.88. The summed E-state index contributed by atoms with van der Waals surface area (Å²) in [5.74, 6) is 0. The van der Waals surface area contributed by atoms with Crippen LogP contribution in [0.2, 0.25) is 0 Å². The molecule has 0 saturated carbocycles. The minimum Gasteiger partial charge on any atom is -0.347 e. The van der Waals surface area contributed by atoms with Crippen LogP contribution in [0.3, 0.4) is 0 Å². The summed E-state index contributed by atoms with van der Waals surface area (Å²) in [5.41, 5.74) is 1.17. The highest BCUT2D eigenvalue weighted by atomic mass is 16.1. The summed E-state index contributed by atoms with van der Waals surface area (Å²) in [6.45, 7) is 4.66. The van der Waals surface area contributed by atoms with Crippen molar-refractivity contribution < 1.29 is 0 Å². The normalized spacial score (nSPS) is 16.6. The number of rotatable bonds is 4. The van der Waals surface area contributed by atoms with Crippen molar-refractivity contribution >= 4 is 10.9 Å². The molecule has 0 atom stereocenters. The molecule has 1 aliphatic rings. The predicted molar refractivity (Wildman–Crippen MR) is 83.1 cm³/mol. The number of aryl methyl sites for hydroxylation is 1. The molecule has 3 nitrogen and oxygen atoms in total.